The van der Waals surface area contributed by atoms with Crippen LogP contribution in [0.5, 0.6) is 0 Å². The van der Waals surface area contributed by atoms with Gasteiger partial charge < -0.3 is 4.90 Å². The van der Waals surface area contributed by atoms with Crippen LogP contribution < -0.4 is 4.90 Å². The molecule has 1 heterocycles. The topological polar surface area (TPSA) is 3.24 Å². The van der Waals surface area contributed by atoms with Crippen LogP contribution >= 0.6 is 11.6 Å². The Morgan fingerprint density at radius 3 is 2.81 bits per heavy atom. The second-order valence-corrected chi connectivity index (χ2v) is 5.06. The molecule has 0 aliphatic carbocycles. The summed E-state index contributed by atoms with van der Waals surface area (Å²) in [4.78, 5) is 2.54. The van der Waals surface area contributed by atoms with Gasteiger partial charge in [-0.2, -0.15) is 0 Å². The summed E-state index contributed by atoms with van der Waals surface area (Å²) in [5.74, 6) is 0.608. The lowest BCUT2D eigenvalue weighted by Gasteiger charge is -2.36. The van der Waals surface area contributed by atoms with Crippen molar-refractivity contribution in [3.63, 3.8) is 0 Å². The van der Waals surface area contributed by atoms with Crippen LogP contribution in [-0.2, 0) is 5.88 Å². The second kappa shape index (κ2) is 5.09. The van der Waals surface area contributed by atoms with Crippen molar-refractivity contribution in [2.45, 2.75) is 45.0 Å². The Morgan fingerprint density at radius 2 is 2.19 bits per heavy atom. The van der Waals surface area contributed by atoms with Crippen LogP contribution in [0.15, 0.2) is 18.2 Å². The van der Waals surface area contributed by atoms with E-state index in [1.165, 1.54) is 42.6 Å². The standard InChI is InChI=1S/C14H20ClN/c1-11-9-13(10-15)6-7-14(11)16-8-4-3-5-12(16)2/h6-7,9,12H,3-5,8,10H2,1-2H3. The van der Waals surface area contributed by atoms with Gasteiger partial charge in [0.25, 0.3) is 0 Å². The number of nitrogens with zero attached hydrogens (tertiary/aromatic N) is 1. The molecule has 1 aliphatic rings. The first-order chi connectivity index (χ1) is 7.72. The van der Waals surface area contributed by atoms with Crippen LogP contribution in [0.4, 0.5) is 5.69 Å². The molecular weight excluding hydrogens is 218 g/mol. The van der Waals surface area contributed by atoms with Crippen molar-refractivity contribution in [1.29, 1.82) is 0 Å². The summed E-state index contributed by atoms with van der Waals surface area (Å²) in [6, 6.07) is 7.27. The molecule has 1 atom stereocenters. The van der Waals surface area contributed by atoms with Crippen LogP contribution in [0.1, 0.15) is 37.3 Å². The zero-order chi connectivity index (χ0) is 11.5. The molecular formula is C14H20ClN. The fourth-order valence-corrected chi connectivity index (χ4v) is 2.75. The first-order valence-electron chi connectivity index (χ1n) is 6.14. The average Bonchev–Trinajstić information content (AvgIpc) is 2.30. The lowest BCUT2D eigenvalue weighted by Crippen LogP contribution is -2.37. The number of rotatable bonds is 2. The first kappa shape index (κ1) is 11.8. The maximum absolute atomic E-state index is 5.85. The van der Waals surface area contributed by atoms with Gasteiger partial charge in [0.1, 0.15) is 0 Å². The molecule has 0 spiro atoms. The van der Waals surface area contributed by atoms with Crippen molar-refractivity contribution >= 4 is 17.3 Å². The van der Waals surface area contributed by atoms with Crippen LogP contribution in [0.3, 0.4) is 0 Å². The zero-order valence-corrected chi connectivity index (χ0v) is 10.9. The fraction of sp³-hybridized carbons (Fsp3) is 0.571. The minimum absolute atomic E-state index is 0.608. The Bertz CT molecular complexity index is 362. The van der Waals surface area contributed by atoms with Crippen molar-refractivity contribution in [2.24, 2.45) is 0 Å². The molecule has 1 saturated heterocycles. The number of piperidine rings is 1. The Hall–Kier alpha value is -0.690. The molecule has 16 heavy (non-hydrogen) atoms. The maximum atomic E-state index is 5.85. The average molecular weight is 238 g/mol. The fourth-order valence-electron chi connectivity index (χ4n) is 2.58. The van der Waals surface area contributed by atoms with E-state index in [0.717, 1.165) is 0 Å². The molecule has 2 heteroatoms. The Kier molecular flexibility index (Phi) is 3.75. The number of anilines is 1. The van der Waals surface area contributed by atoms with Gasteiger partial charge in [-0.3, -0.25) is 0 Å². The van der Waals surface area contributed by atoms with Gasteiger partial charge in [0.05, 0.1) is 0 Å². The molecule has 0 N–H and O–H groups in total. The van der Waals surface area contributed by atoms with Gasteiger partial charge in [-0.1, -0.05) is 12.1 Å². The SMILES string of the molecule is Cc1cc(CCl)ccc1N1CCCCC1C. The van der Waals surface area contributed by atoms with E-state index in [2.05, 4.69) is 36.9 Å². The van der Waals surface area contributed by atoms with Gasteiger partial charge in [0.15, 0.2) is 0 Å². The van der Waals surface area contributed by atoms with Crippen LogP contribution in [0.25, 0.3) is 0 Å². The predicted octanol–water partition coefficient (Wildman–Crippen LogP) is 4.11. The normalized spacial score (nSPS) is 21.2. The molecule has 1 aliphatic heterocycles. The molecule has 1 unspecified atom stereocenters. The number of hydrogen-bond acceptors (Lipinski definition) is 1. The summed E-state index contributed by atoms with van der Waals surface area (Å²) in [5.41, 5.74) is 3.96. The largest absolute Gasteiger partial charge is 0.369 e. The smallest absolute Gasteiger partial charge is 0.0474 e. The highest BCUT2D eigenvalue weighted by Gasteiger charge is 2.19. The summed E-state index contributed by atoms with van der Waals surface area (Å²) in [6.07, 6.45) is 4.01. The molecule has 88 valence electrons. The van der Waals surface area contributed by atoms with Crippen LogP contribution in [0.2, 0.25) is 0 Å². The molecule has 1 fully saturated rings. The number of alkyl halides is 1. The summed E-state index contributed by atoms with van der Waals surface area (Å²) < 4.78 is 0. The molecule has 0 saturated carbocycles. The maximum Gasteiger partial charge on any atom is 0.0474 e. The molecule has 2 rings (SSSR count). The lowest BCUT2D eigenvalue weighted by atomic mass is 10.0. The van der Waals surface area contributed by atoms with E-state index in [0.29, 0.717) is 11.9 Å². The van der Waals surface area contributed by atoms with Gasteiger partial charge in [-0.15, -0.1) is 11.6 Å². The number of aryl methyl sites for hydroxylation is 1. The van der Waals surface area contributed by atoms with Gasteiger partial charge >= 0.3 is 0 Å². The highest BCUT2D eigenvalue weighted by molar-refractivity contribution is 6.17. The second-order valence-electron chi connectivity index (χ2n) is 4.79. The molecule has 0 aromatic heterocycles. The van der Waals surface area contributed by atoms with E-state index in [1.807, 2.05) is 0 Å². The molecule has 0 amide bonds. The van der Waals surface area contributed by atoms with E-state index >= 15 is 0 Å². The minimum Gasteiger partial charge on any atom is -0.369 e. The quantitative estimate of drug-likeness (QED) is 0.700. The number of benzene rings is 1. The van der Waals surface area contributed by atoms with Gasteiger partial charge in [-0.05, 0) is 50.3 Å². The molecule has 1 nitrogen and oxygen atoms in total. The van der Waals surface area contributed by atoms with Crippen LogP contribution in [-0.4, -0.2) is 12.6 Å². The Morgan fingerprint density at radius 1 is 1.38 bits per heavy atom. The van der Waals surface area contributed by atoms with Crippen molar-refractivity contribution in [2.75, 3.05) is 11.4 Å². The summed E-state index contributed by atoms with van der Waals surface area (Å²) in [7, 11) is 0. The lowest BCUT2D eigenvalue weighted by molar-refractivity contribution is 0.484. The van der Waals surface area contributed by atoms with E-state index in [9.17, 15) is 0 Å². The Balaban J connectivity index is 2.25. The summed E-state index contributed by atoms with van der Waals surface area (Å²) in [5, 5.41) is 0. The van der Waals surface area contributed by atoms with E-state index < -0.39 is 0 Å². The first-order valence-corrected chi connectivity index (χ1v) is 6.68. The highest BCUT2D eigenvalue weighted by Crippen LogP contribution is 2.28. The van der Waals surface area contributed by atoms with Gasteiger partial charge in [-0.25, -0.2) is 0 Å². The van der Waals surface area contributed by atoms with Gasteiger partial charge in [0.2, 0.25) is 0 Å². The van der Waals surface area contributed by atoms with E-state index in [1.54, 1.807) is 0 Å². The van der Waals surface area contributed by atoms with E-state index in [4.69, 9.17) is 11.6 Å². The predicted molar refractivity (Wildman–Crippen MR) is 71.4 cm³/mol. The van der Waals surface area contributed by atoms with Crippen molar-refractivity contribution in [3.05, 3.63) is 29.3 Å². The number of hydrogen-bond donors (Lipinski definition) is 0. The molecule has 0 radical (unpaired) electrons. The molecule has 1 aromatic rings. The summed E-state index contributed by atoms with van der Waals surface area (Å²) >= 11 is 5.85. The molecule has 1 aromatic carbocycles. The number of halogens is 1. The molecule has 0 bridgehead atoms. The third-order valence-electron chi connectivity index (χ3n) is 3.53. The van der Waals surface area contributed by atoms with Crippen molar-refractivity contribution < 1.29 is 0 Å². The Labute approximate surface area is 103 Å². The van der Waals surface area contributed by atoms with Gasteiger partial charge in [0, 0.05) is 24.2 Å². The van der Waals surface area contributed by atoms with E-state index in [-0.39, 0.29) is 0 Å². The van der Waals surface area contributed by atoms with Crippen LogP contribution in [0, 0.1) is 6.92 Å². The summed E-state index contributed by atoms with van der Waals surface area (Å²) in [6.45, 7) is 5.71. The highest BCUT2D eigenvalue weighted by atomic mass is 35.5. The third-order valence-corrected chi connectivity index (χ3v) is 3.84. The van der Waals surface area contributed by atoms with Crippen molar-refractivity contribution in [3.8, 4) is 0 Å². The van der Waals surface area contributed by atoms with Crippen molar-refractivity contribution in [1.82, 2.24) is 0 Å². The zero-order valence-electron chi connectivity index (χ0n) is 10.2. The monoisotopic (exact) mass is 237 g/mol. The third kappa shape index (κ3) is 2.35. The minimum atomic E-state index is 0.608.